The van der Waals surface area contributed by atoms with Crippen LogP contribution in [0, 0.1) is 22.6 Å². The van der Waals surface area contributed by atoms with Gasteiger partial charge >= 0.3 is 0 Å². The first-order valence-electron chi connectivity index (χ1n) is 11.4. The molecule has 2 amide bonds. The third kappa shape index (κ3) is 3.43. The summed E-state index contributed by atoms with van der Waals surface area (Å²) in [6, 6.07) is 5.93. The third-order valence-electron chi connectivity index (χ3n) is 7.62. The standard InChI is InChI=1S/C24H34FN3O2/c1-4-27-13-10-24(22(27)30)17-26(15-18(2)3)16-23(24)8-11-28(12-9-23)21(29)19-6-5-7-20(25)14-19/h5-7,14,18H,4,8-13,15-17H2,1-3H3/t24-/m0/s1. The summed E-state index contributed by atoms with van der Waals surface area (Å²) in [5.41, 5.74) is 0.0238. The van der Waals surface area contributed by atoms with E-state index in [1.807, 2.05) is 9.80 Å². The van der Waals surface area contributed by atoms with Gasteiger partial charge in [0.1, 0.15) is 5.82 Å². The van der Waals surface area contributed by atoms with Crippen molar-refractivity contribution in [1.29, 1.82) is 0 Å². The molecule has 3 aliphatic heterocycles. The Kier molecular flexibility index (Phi) is 5.64. The molecule has 0 bridgehead atoms. The van der Waals surface area contributed by atoms with Crippen LogP contribution in [-0.2, 0) is 4.79 Å². The normalized spacial score (nSPS) is 26.5. The van der Waals surface area contributed by atoms with Crippen LogP contribution in [0.25, 0.3) is 0 Å². The number of halogens is 1. The maximum absolute atomic E-state index is 13.6. The van der Waals surface area contributed by atoms with E-state index in [1.54, 1.807) is 12.1 Å². The van der Waals surface area contributed by atoms with Gasteiger partial charge in [-0.1, -0.05) is 19.9 Å². The van der Waals surface area contributed by atoms with Crippen LogP contribution in [0.4, 0.5) is 4.39 Å². The fraction of sp³-hybridized carbons (Fsp3) is 0.667. The monoisotopic (exact) mass is 415 g/mol. The number of benzene rings is 1. The van der Waals surface area contributed by atoms with Crippen LogP contribution in [0.2, 0.25) is 0 Å². The van der Waals surface area contributed by atoms with Crippen LogP contribution in [0.1, 0.15) is 50.4 Å². The molecule has 2 spiro atoms. The molecule has 1 atom stereocenters. The van der Waals surface area contributed by atoms with E-state index in [2.05, 4.69) is 25.7 Å². The van der Waals surface area contributed by atoms with E-state index in [0.717, 1.165) is 52.0 Å². The SMILES string of the molecule is CCN1CC[C@]2(CN(CC(C)C)CC23CCN(C(=O)c2cccc(F)c2)CC3)C1=O. The molecular formula is C24H34FN3O2. The van der Waals surface area contributed by atoms with Crippen molar-refractivity contribution in [2.45, 2.75) is 40.0 Å². The minimum absolute atomic E-state index is 0.0678. The number of carbonyl (C=O) groups is 2. The quantitative estimate of drug-likeness (QED) is 0.758. The van der Waals surface area contributed by atoms with Gasteiger partial charge in [-0.05, 0) is 50.3 Å². The summed E-state index contributed by atoms with van der Waals surface area (Å²) in [6.07, 6.45) is 2.60. The fourth-order valence-corrected chi connectivity index (χ4v) is 6.19. The lowest BCUT2D eigenvalue weighted by Crippen LogP contribution is -2.53. The van der Waals surface area contributed by atoms with Gasteiger partial charge in [0.05, 0.1) is 5.41 Å². The van der Waals surface area contributed by atoms with E-state index >= 15 is 0 Å². The molecular weight excluding hydrogens is 381 g/mol. The van der Waals surface area contributed by atoms with Gasteiger partial charge in [0.25, 0.3) is 5.91 Å². The minimum atomic E-state index is -0.385. The number of hydrogen-bond donors (Lipinski definition) is 0. The summed E-state index contributed by atoms with van der Waals surface area (Å²) in [7, 11) is 0. The molecule has 5 nitrogen and oxygen atoms in total. The number of piperidine rings is 1. The topological polar surface area (TPSA) is 43.9 Å². The van der Waals surface area contributed by atoms with Crippen molar-refractivity contribution in [3.63, 3.8) is 0 Å². The number of carbonyl (C=O) groups excluding carboxylic acids is 2. The number of hydrogen-bond acceptors (Lipinski definition) is 3. The highest BCUT2D eigenvalue weighted by atomic mass is 19.1. The smallest absolute Gasteiger partial charge is 0.253 e. The number of likely N-dealkylation sites (tertiary alicyclic amines) is 3. The molecule has 164 valence electrons. The van der Waals surface area contributed by atoms with Crippen molar-refractivity contribution in [2.75, 3.05) is 45.8 Å². The van der Waals surface area contributed by atoms with E-state index in [9.17, 15) is 14.0 Å². The third-order valence-corrected chi connectivity index (χ3v) is 7.62. The lowest BCUT2D eigenvalue weighted by atomic mass is 9.60. The molecule has 3 heterocycles. The Labute approximate surface area is 179 Å². The first-order valence-corrected chi connectivity index (χ1v) is 11.4. The highest BCUT2D eigenvalue weighted by molar-refractivity contribution is 5.94. The highest BCUT2D eigenvalue weighted by Gasteiger charge is 2.64. The summed E-state index contributed by atoms with van der Waals surface area (Å²) < 4.78 is 13.6. The molecule has 0 unspecified atom stereocenters. The molecule has 4 rings (SSSR count). The van der Waals surface area contributed by atoms with Gasteiger partial charge in [0.15, 0.2) is 0 Å². The molecule has 0 aliphatic carbocycles. The molecule has 3 saturated heterocycles. The second kappa shape index (κ2) is 7.95. The Bertz CT molecular complexity index is 818. The number of rotatable bonds is 4. The Balaban J connectivity index is 1.55. The minimum Gasteiger partial charge on any atom is -0.342 e. The molecule has 3 fully saturated rings. The summed E-state index contributed by atoms with van der Waals surface area (Å²) >= 11 is 0. The van der Waals surface area contributed by atoms with Gasteiger partial charge in [-0.2, -0.15) is 0 Å². The Morgan fingerprint density at radius 1 is 1.13 bits per heavy atom. The van der Waals surface area contributed by atoms with Crippen LogP contribution in [0.3, 0.4) is 0 Å². The van der Waals surface area contributed by atoms with Crippen LogP contribution in [-0.4, -0.2) is 72.3 Å². The van der Waals surface area contributed by atoms with Crippen LogP contribution < -0.4 is 0 Å². The largest absolute Gasteiger partial charge is 0.342 e. The maximum Gasteiger partial charge on any atom is 0.253 e. The molecule has 1 aromatic rings. The summed E-state index contributed by atoms with van der Waals surface area (Å²) in [5, 5.41) is 0. The predicted molar refractivity (Wildman–Crippen MR) is 115 cm³/mol. The zero-order valence-electron chi connectivity index (χ0n) is 18.5. The second-order valence-corrected chi connectivity index (χ2v) is 9.86. The van der Waals surface area contributed by atoms with E-state index in [-0.39, 0.29) is 22.6 Å². The van der Waals surface area contributed by atoms with Crippen molar-refractivity contribution in [2.24, 2.45) is 16.7 Å². The van der Waals surface area contributed by atoms with E-state index in [0.29, 0.717) is 30.5 Å². The van der Waals surface area contributed by atoms with Crippen molar-refractivity contribution < 1.29 is 14.0 Å². The number of nitrogens with zero attached hydrogens (tertiary/aromatic N) is 3. The van der Waals surface area contributed by atoms with Gasteiger partial charge in [-0.3, -0.25) is 9.59 Å². The first-order chi connectivity index (χ1) is 14.3. The molecule has 1 aromatic carbocycles. The molecule has 3 aliphatic rings. The fourth-order valence-electron chi connectivity index (χ4n) is 6.19. The molecule has 30 heavy (non-hydrogen) atoms. The van der Waals surface area contributed by atoms with Gasteiger partial charge < -0.3 is 14.7 Å². The zero-order valence-corrected chi connectivity index (χ0v) is 18.5. The van der Waals surface area contributed by atoms with E-state index in [4.69, 9.17) is 0 Å². The summed E-state index contributed by atoms with van der Waals surface area (Å²) in [4.78, 5) is 32.8. The average Bonchev–Trinajstić information content (AvgIpc) is 3.19. The van der Waals surface area contributed by atoms with Crippen LogP contribution in [0.15, 0.2) is 24.3 Å². The zero-order chi connectivity index (χ0) is 21.5. The Morgan fingerprint density at radius 3 is 2.47 bits per heavy atom. The highest BCUT2D eigenvalue weighted by Crippen LogP contribution is 2.57. The number of fused-ring (bicyclic) bond motifs is 1. The van der Waals surface area contributed by atoms with Crippen molar-refractivity contribution in [3.8, 4) is 0 Å². The molecule has 0 N–H and O–H groups in total. The Morgan fingerprint density at radius 2 is 1.87 bits per heavy atom. The van der Waals surface area contributed by atoms with Crippen molar-refractivity contribution >= 4 is 11.8 Å². The lowest BCUT2D eigenvalue weighted by molar-refractivity contribution is -0.141. The van der Waals surface area contributed by atoms with Gasteiger partial charge in [-0.25, -0.2) is 4.39 Å². The van der Waals surface area contributed by atoms with Gasteiger partial charge in [-0.15, -0.1) is 0 Å². The van der Waals surface area contributed by atoms with Gasteiger partial charge in [0, 0.05) is 56.8 Å². The van der Waals surface area contributed by atoms with Crippen LogP contribution in [0.5, 0.6) is 0 Å². The Hall–Kier alpha value is -1.95. The average molecular weight is 416 g/mol. The molecule has 0 radical (unpaired) electrons. The second-order valence-electron chi connectivity index (χ2n) is 9.86. The summed E-state index contributed by atoms with van der Waals surface area (Å²) in [5.74, 6) is 0.389. The molecule has 0 aromatic heterocycles. The maximum atomic E-state index is 13.6. The molecule has 6 heteroatoms. The van der Waals surface area contributed by atoms with E-state index in [1.165, 1.54) is 12.1 Å². The van der Waals surface area contributed by atoms with Gasteiger partial charge in [0.2, 0.25) is 5.91 Å². The lowest BCUT2D eigenvalue weighted by Gasteiger charge is -2.47. The van der Waals surface area contributed by atoms with Crippen LogP contribution >= 0.6 is 0 Å². The first kappa shape index (κ1) is 21.3. The molecule has 0 saturated carbocycles. The number of amides is 2. The van der Waals surface area contributed by atoms with Crippen molar-refractivity contribution in [3.05, 3.63) is 35.6 Å². The summed E-state index contributed by atoms with van der Waals surface area (Å²) in [6.45, 7) is 12.2. The van der Waals surface area contributed by atoms with E-state index < -0.39 is 0 Å². The van der Waals surface area contributed by atoms with Crippen molar-refractivity contribution in [1.82, 2.24) is 14.7 Å². The predicted octanol–water partition coefficient (Wildman–Crippen LogP) is 3.26.